The van der Waals surface area contributed by atoms with Gasteiger partial charge in [-0.2, -0.15) is 0 Å². The van der Waals surface area contributed by atoms with Crippen LogP contribution in [0.4, 0.5) is 0 Å². The van der Waals surface area contributed by atoms with Crippen molar-refractivity contribution in [2.75, 3.05) is 6.26 Å². The lowest BCUT2D eigenvalue weighted by Gasteiger charge is -2.08. The van der Waals surface area contributed by atoms with Crippen molar-refractivity contribution >= 4 is 21.7 Å². The Morgan fingerprint density at radius 2 is 1.71 bits per heavy atom. The lowest BCUT2D eigenvalue weighted by molar-refractivity contribution is -0.118. The molecule has 1 aromatic rings. The first kappa shape index (κ1) is 16.9. The van der Waals surface area contributed by atoms with Crippen LogP contribution in [0.1, 0.15) is 30.6 Å². The second-order valence-corrected chi connectivity index (χ2v) is 6.52. The molecular formula is C14H18N2O4S. The lowest BCUT2D eigenvalue weighted by atomic mass is 10.2. The number of allylic oxidation sites excluding steroid dienone is 1. The van der Waals surface area contributed by atoms with E-state index in [0.29, 0.717) is 5.57 Å². The Hall–Kier alpha value is -2.15. The minimum absolute atomic E-state index is 0.129. The van der Waals surface area contributed by atoms with Crippen LogP contribution in [-0.2, 0) is 14.6 Å². The van der Waals surface area contributed by atoms with Crippen molar-refractivity contribution in [3.63, 3.8) is 0 Å². The molecular weight excluding hydrogens is 292 g/mol. The molecule has 0 radical (unpaired) electrons. The average Bonchev–Trinajstić information content (AvgIpc) is 2.43. The van der Waals surface area contributed by atoms with Gasteiger partial charge in [0.25, 0.3) is 11.8 Å². The highest BCUT2D eigenvalue weighted by Gasteiger charge is 2.11. The number of carbonyl (C=O) groups excluding carboxylic acids is 2. The van der Waals surface area contributed by atoms with E-state index in [2.05, 4.69) is 10.9 Å². The van der Waals surface area contributed by atoms with Crippen molar-refractivity contribution in [3.8, 4) is 0 Å². The van der Waals surface area contributed by atoms with Gasteiger partial charge < -0.3 is 0 Å². The Morgan fingerprint density at radius 3 is 2.19 bits per heavy atom. The first-order valence-electron chi connectivity index (χ1n) is 6.33. The summed E-state index contributed by atoms with van der Waals surface area (Å²) in [5.41, 5.74) is 5.31. The van der Waals surface area contributed by atoms with E-state index in [1.165, 1.54) is 24.3 Å². The second-order valence-electron chi connectivity index (χ2n) is 4.50. The molecule has 0 aliphatic rings. The zero-order valence-electron chi connectivity index (χ0n) is 12.1. The molecule has 114 valence electrons. The van der Waals surface area contributed by atoms with Crippen molar-refractivity contribution in [3.05, 3.63) is 41.5 Å². The van der Waals surface area contributed by atoms with Crippen LogP contribution >= 0.6 is 0 Å². The molecule has 0 aliphatic carbocycles. The second kappa shape index (κ2) is 7.03. The maximum atomic E-state index is 11.8. The Balaban J connectivity index is 2.69. The molecule has 1 rings (SSSR count). The molecule has 0 heterocycles. The van der Waals surface area contributed by atoms with Gasteiger partial charge in [-0.1, -0.05) is 13.0 Å². The zero-order valence-corrected chi connectivity index (χ0v) is 13.0. The largest absolute Gasteiger partial charge is 0.269 e. The van der Waals surface area contributed by atoms with E-state index in [1.54, 1.807) is 13.0 Å². The minimum atomic E-state index is -3.30. The monoisotopic (exact) mass is 310 g/mol. The van der Waals surface area contributed by atoms with Crippen LogP contribution in [0.5, 0.6) is 0 Å². The Bertz CT molecular complexity index is 661. The summed E-state index contributed by atoms with van der Waals surface area (Å²) in [6.07, 6.45) is 3.55. The van der Waals surface area contributed by atoms with Gasteiger partial charge in [-0.3, -0.25) is 20.4 Å². The molecule has 0 saturated carbocycles. The zero-order chi connectivity index (χ0) is 16.0. The van der Waals surface area contributed by atoms with E-state index in [1.807, 2.05) is 6.92 Å². The van der Waals surface area contributed by atoms with Crippen LogP contribution in [-0.4, -0.2) is 26.5 Å². The van der Waals surface area contributed by atoms with Crippen LogP contribution in [0.3, 0.4) is 0 Å². The first-order valence-corrected chi connectivity index (χ1v) is 8.22. The van der Waals surface area contributed by atoms with E-state index in [9.17, 15) is 18.0 Å². The average molecular weight is 310 g/mol. The number of nitrogens with one attached hydrogen (secondary N) is 2. The summed E-state index contributed by atoms with van der Waals surface area (Å²) < 4.78 is 22.6. The standard InChI is InChI=1S/C14H18N2O4S/c1-4-5-10(2)13(17)15-16-14(18)11-6-8-12(9-7-11)21(3,19)20/h5-9H,4H2,1-3H3,(H,15,17)(H,16,18). The summed E-state index contributed by atoms with van der Waals surface area (Å²) in [5, 5.41) is 0. The van der Waals surface area contributed by atoms with Gasteiger partial charge in [-0.25, -0.2) is 8.42 Å². The predicted octanol–water partition coefficient (Wildman–Crippen LogP) is 1.21. The number of hydrogen-bond donors (Lipinski definition) is 2. The number of hydrazine groups is 1. The fourth-order valence-corrected chi connectivity index (χ4v) is 2.17. The summed E-state index contributed by atoms with van der Waals surface area (Å²) in [6, 6.07) is 5.45. The highest BCUT2D eigenvalue weighted by Crippen LogP contribution is 2.10. The molecule has 0 bridgehead atoms. The van der Waals surface area contributed by atoms with E-state index >= 15 is 0 Å². The lowest BCUT2D eigenvalue weighted by Crippen LogP contribution is -2.42. The van der Waals surface area contributed by atoms with Crippen molar-refractivity contribution in [1.29, 1.82) is 0 Å². The molecule has 0 aromatic heterocycles. The number of rotatable bonds is 4. The van der Waals surface area contributed by atoms with Gasteiger partial charge in [0.2, 0.25) is 0 Å². The third-order valence-electron chi connectivity index (χ3n) is 2.70. The molecule has 0 fully saturated rings. The summed E-state index contributed by atoms with van der Waals surface area (Å²) in [4.78, 5) is 23.5. The highest BCUT2D eigenvalue weighted by atomic mass is 32.2. The smallest absolute Gasteiger partial charge is 0.268 e. The van der Waals surface area contributed by atoms with Gasteiger partial charge in [-0.15, -0.1) is 0 Å². The van der Waals surface area contributed by atoms with Crippen LogP contribution in [0.15, 0.2) is 40.8 Å². The molecule has 0 atom stereocenters. The van der Waals surface area contributed by atoms with Crippen molar-refractivity contribution < 1.29 is 18.0 Å². The summed E-state index contributed by atoms with van der Waals surface area (Å²) in [6.45, 7) is 3.55. The molecule has 7 heteroatoms. The fourth-order valence-electron chi connectivity index (χ4n) is 1.54. The highest BCUT2D eigenvalue weighted by molar-refractivity contribution is 7.90. The minimum Gasteiger partial charge on any atom is -0.268 e. The maximum absolute atomic E-state index is 11.8. The van der Waals surface area contributed by atoms with Crippen molar-refractivity contribution in [2.45, 2.75) is 25.2 Å². The van der Waals surface area contributed by atoms with Crippen LogP contribution in [0, 0.1) is 0 Å². The maximum Gasteiger partial charge on any atom is 0.269 e. The molecule has 0 unspecified atom stereocenters. The van der Waals surface area contributed by atoms with Gasteiger partial charge in [0.15, 0.2) is 9.84 Å². The fraction of sp³-hybridized carbons (Fsp3) is 0.286. The molecule has 21 heavy (non-hydrogen) atoms. The number of amides is 2. The number of hydrogen-bond acceptors (Lipinski definition) is 4. The van der Waals surface area contributed by atoms with E-state index in [4.69, 9.17) is 0 Å². The van der Waals surface area contributed by atoms with Gasteiger partial charge in [0.1, 0.15) is 0 Å². The Morgan fingerprint density at radius 1 is 1.14 bits per heavy atom. The molecule has 2 N–H and O–H groups in total. The number of benzene rings is 1. The SMILES string of the molecule is CCC=C(C)C(=O)NNC(=O)c1ccc(S(C)(=O)=O)cc1. The predicted molar refractivity (Wildman–Crippen MR) is 79.2 cm³/mol. The molecule has 6 nitrogen and oxygen atoms in total. The quantitative estimate of drug-likeness (QED) is 0.646. The first-order chi connectivity index (χ1) is 9.75. The summed E-state index contributed by atoms with van der Waals surface area (Å²) >= 11 is 0. The van der Waals surface area contributed by atoms with E-state index in [-0.39, 0.29) is 10.5 Å². The van der Waals surface area contributed by atoms with E-state index in [0.717, 1.165) is 12.7 Å². The van der Waals surface area contributed by atoms with Crippen LogP contribution < -0.4 is 10.9 Å². The number of sulfone groups is 1. The summed E-state index contributed by atoms with van der Waals surface area (Å²) in [5.74, 6) is -0.911. The van der Waals surface area contributed by atoms with Crippen LogP contribution in [0.25, 0.3) is 0 Å². The number of carbonyl (C=O) groups is 2. The van der Waals surface area contributed by atoms with Gasteiger partial charge in [0, 0.05) is 17.4 Å². The molecule has 0 spiro atoms. The van der Waals surface area contributed by atoms with Gasteiger partial charge in [0.05, 0.1) is 4.90 Å². The topological polar surface area (TPSA) is 92.3 Å². The third-order valence-corrected chi connectivity index (χ3v) is 3.83. The third kappa shape index (κ3) is 5.03. The molecule has 1 aromatic carbocycles. The van der Waals surface area contributed by atoms with Crippen LogP contribution in [0.2, 0.25) is 0 Å². The Labute approximate surface area is 124 Å². The molecule has 2 amide bonds. The van der Waals surface area contributed by atoms with Crippen molar-refractivity contribution in [1.82, 2.24) is 10.9 Å². The normalized spacial score (nSPS) is 11.9. The van der Waals surface area contributed by atoms with Gasteiger partial charge >= 0.3 is 0 Å². The molecule has 0 saturated heterocycles. The Kier molecular flexibility index (Phi) is 5.66. The van der Waals surface area contributed by atoms with Crippen molar-refractivity contribution in [2.24, 2.45) is 0 Å². The van der Waals surface area contributed by atoms with Gasteiger partial charge in [-0.05, 0) is 37.6 Å². The summed E-state index contributed by atoms with van der Waals surface area (Å²) in [7, 11) is -3.30. The molecule has 0 aliphatic heterocycles. The van der Waals surface area contributed by atoms with E-state index < -0.39 is 21.7 Å².